The van der Waals surface area contributed by atoms with Gasteiger partial charge in [-0.15, -0.1) is 11.3 Å². The Kier molecular flexibility index (Phi) is 4.08. The lowest BCUT2D eigenvalue weighted by molar-refractivity contribution is 0.541. The van der Waals surface area contributed by atoms with E-state index in [-0.39, 0.29) is 0 Å². The van der Waals surface area contributed by atoms with Crippen LogP contribution >= 0.6 is 11.3 Å². The minimum Gasteiger partial charge on any atom is -0.308 e. The van der Waals surface area contributed by atoms with Gasteiger partial charge in [0.25, 0.3) is 0 Å². The minimum absolute atomic E-state index is 0.476. The summed E-state index contributed by atoms with van der Waals surface area (Å²) in [7, 11) is 0. The number of thiazole rings is 1. The molecule has 3 heteroatoms. The van der Waals surface area contributed by atoms with E-state index < -0.39 is 0 Å². The van der Waals surface area contributed by atoms with E-state index in [9.17, 15) is 0 Å². The van der Waals surface area contributed by atoms with Crippen molar-refractivity contribution in [2.45, 2.75) is 25.9 Å². The Hall–Kier alpha value is -1.19. The van der Waals surface area contributed by atoms with Crippen LogP contribution in [0.15, 0.2) is 41.2 Å². The number of hydrogen-bond acceptors (Lipinski definition) is 3. The predicted octanol–water partition coefficient (Wildman–Crippen LogP) is 2.86. The summed E-state index contributed by atoms with van der Waals surface area (Å²) in [6, 6.07) is 11.0. The molecular formula is C13H16N2S. The number of rotatable bonds is 5. The molecule has 1 heterocycles. The molecule has 2 nitrogen and oxygen atoms in total. The van der Waals surface area contributed by atoms with Gasteiger partial charge in [-0.05, 0) is 18.9 Å². The van der Waals surface area contributed by atoms with Crippen molar-refractivity contribution in [3.05, 3.63) is 52.5 Å². The summed E-state index contributed by atoms with van der Waals surface area (Å²) in [6.07, 6.45) is 1.06. The van der Waals surface area contributed by atoms with Gasteiger partial charge in [0.05, 0.1) is 11.2 Å². The summed E-state index contributed by atoms with van der Waals surface area (Å²) in [4.78, 5) is 4.25. The van der Waals surface area contributed by atoms with Gasteiger partial charge in [0.2, 0.25) is 0 Å². The van der Waals surface area contributed by atoms with Crippen molar-refractivity contribution < 1.29 is 0 Å². The summed E-state index contributed by atoms with van der Waals surface area (Å²) < 4.78 is 0. The van der Waals surface area contributed by atoms with E-state index in [1.165, 1.54) is 5.56 Å². The fraction of sp³-hybridized carbons (Fsp3) is 0.308. The van der Waals surface area contributed by atoms with Crippen molar-refractivity contribution in [1.82, 2.24) is 10.3 Å². The first kappa shape index (κ1) is 11.3. The van der Waals surface area contributed by atoms with Crippen molar-refractivity contribution in [3.8, 4) is 0 Å². The highest BCUT2D eigenvalue weighted by Gasteiger charge is 2.03. The minimum atomic E-state index is 0.476. The van der Waals surface area contributed by atoms with Gasteiger partial charge < -0.3 is 5.32 Å². The van der Waals surface area contributed by atoms with Gasteiger partial charge in [0, 0.05) is 18.0 Å². The van der Waals surface area contributed by atoms with E-state index in [0.717, 1.165) is 18.7 Å². The average Bonchev–Trinajstić information content (AvgIpc) is 2.81. The molecule has 2 aromatic rings. The largest absolute Gasteiger partial charge is 0.308 e. The summed E-state index contributed by atoms with van der Waals surface area (Å²) in [5, 5.41) is 5.56. The maximum Gasteiger partial charge on any atom is 0.0795 e. The van der Waals surface area contributed by atoms with Crippen LogP contribution in [0.5, 0.6) is 0 Å². The molecule has 1 N–H and O–H groups in total. The molecule has 0 fully saturated rings. The van der Waals surface area contributed by atoms with Crippen molar-refractivity contribution in [3.63, 3.8) is 0 Å². The van der Waals surface area contributed by atoms with Crippen molar-refractivity contribution in [2.24, 2.45) is 0 Å². The number of nitrogens with one attached hydrogen (secondary N) is 1. The van der Waals surface area contributed by atoms with Crippen LogP contribution in [0.4, 0.5) is 0 Å². The Labute approximate surface area is 100 Å². The van der Waals surface area contributed by atoms with Crippen LogP contribution in [0.3, 0.4) is 0 Å². The quantitative estimate of drug-likeness (QED) is 0.857. The summed E-state index contributed by atoms with van der Waals surface area (Å²) in [5.41, 5.74) is 4.38. The molecule has 1 aromatic heterocycles. The van der Waals surface area contributed by atoms with Gasteiger partial charge in [-0.1, -0.05) is 30.3 Å². The first-order chi connectivity index (χ1) is 7.84. The van der Waals surface area contributed by atoms with Gasteiger partial charge in [0.1, 0.15) is 0 Å². The second kappa shape index (κ2) is 5.77. The standard InChI is InChI=1S/C13H16N2S/c1-11(7-12-5-3-2-4-6-12)14-8-13-9-16-10-15-13/h2-6,9-11,14H,7-8H2,1H3. The number of benzene rings is 1. The fourth-order valence-electron chi connectivity index (χ4n) is 1.64. The normalized spacial score (nSPS) is 12.6. The lowest BCUT2D eigenvalue weighted by Gasteiger charge is -2.12. The highest BCUT2D eigenvalue weighted by Crippen LogP contribution is 2.04. The molecule has 0 amide bonds. The molecule has 2 rings (SSSR count). The van der Waals surface area contributed by atoms with Crippen molar-refractivity contribution >= 4 is 11.3 Å². The number of hydrogen-bond donors (Lipinski definition) is 1. The Morgan fingerprint density at radius 1 is 1.31 bits per heavy atom. The first-order valence-corrected chi connectivity index (χ1v) is 6.43. The van der Waals surface area contributed by atoms with Crippen molar-refractivity contribution in [2.75, 3.05) is 0 Å². The summed E-state index contributed by atoms with van der Waals surface area (Å²) in [5.74, 6) is 0. The van der Waals surface area contributed by atoms with Crippen LogP contribution in [-0.4, -0.2) is 11.0 Å². The molecule has 84 valence electrons. The molecule has 1 atom stereocenters. The zero-order valence-corrected chi connectivity index (χ0v) is 10.2. The van der Waals surface area contributed by atoms with E-state index in [1.807, 2.05) is 5.51 Å². The maximum absolute atomic E-state index is 4.25. The molecule has 0 saturated heterocycles. The van der Waals surface area contributed by atoms with E-state index >= 15 is 0 Å². The van der Waals surface area contributed by atoms with Crippen LogP contribution in [-0.2, 0) is 13.0 Å². The topological polar surface area (TPSA) is 24.9 Å². The third-order valence-corrected chi connectivity index (χ3v) is 3.14. The number of aromatic nitrogens is 1. The van der Waals surface area contributed by atoms with Crippen LogP contribution in [0.25, 0.3) is 0 Å². The van der Waals surface area contributed by atoms with E-state index in [4.69, 9.17) is 0 Å². The van der Waals surface area contributed by atoms with Gasteiger partial charge in [-0.3, -0.25) is 0 Å². The van der Waals surface area contributed by atoms with Gasteiger partial charge in [0.15, 0.2) is 0 Å². The highest BCUT2D eigenvalue weighted by atomic mass is 32.1. The Balaban J connectivity index is 1.78. The molecule has 0 aliphatic rings. The Morgan fingerprint density at radius 2 is 2.12 bits per heavy atom. The molecular weight excluding hydrogens is 216 g/mol. The fourth-order valence-corrected chi connectivity index (χ4v) is 2.20. The van der Waals surface area contributed by atoms with Crippen LogP contribution < -0.4 is 5.32 Å². The average molecular weight is 232 g/mol. The Morgan fingerprint density at radius 3 is 2.81 bits per heavy atom. The lowest BCUT2D eigenvalue weighted by atomic mass is 10.1. The molecule has 0 spiro atoms. The van der Waals surface area contributed by atoms with Gasteiger partial charge in [-0.25, -0.2) is 4.98 Å². The summed E-state index contributed by atoms with van der Waals surface area (Å²) >= 11 is 1.64. The SMILES string of the molecule is CC(Cc1ccccc1)NCc1cscn1. The molecule has 0 saturated carbocycles. The van der Waals surface area contributed by atoms with E-state index in [1.54, 1.807) is 11.3 Å². The highest BCUT2D eigenvalue weighted by molar-refractivity contribution is 7.07. The molecule has 1 unspecified atom stereocenters. The van der Waals surface area contributed by atoms with Crippen LogP contribution in [0.2, 0.25) is 0 Å². The second-order valence-electron chi connectivity index (χ2n) is 3.95. The molecule has 1 aromatic carbocycles. The molecule has 0 bridgehead atoms. The van der Waals surface area contributed by atoms with Crippen LogP contribution in [0.1, 0.15) is 18.2 Å². The van der Waals surface area contributed by atoms with Crippen LogP contribution in [0, 0.1) is 0 Å². The zero-order chi connectivity index (χ0) is 11.2. The summed E-state index contributed by atoms with van der Waals surface area (Å²) in [6.45, 7) is 3.07. The molecule has 0 aliphatic heterocycles. The molecule has 0 aliphatic carbocycles. The molecule has 0 radical (unpaired) electrons. The predicted molar refractivity (Wildman–Crippen MR) is 68.6 cm³/mol. The van der Waals surface area contributed by atoms with E-state index in [2.05, 4.69) is 52.9 Å². The van der Waals surface area contributed by atoms with Crippen molar-refractivity contribution in [1.29, 1.82) is 0 Å². The number of nitrogens with zero attached hydrogens (tertiary/aromatic N) is 1. The van der Waals surface area contributed by atoms with Gasteiger partial charge in [-0.2, -0.15) is 0 Å². The smallest absolute Gasteiger partial charge is 0.0795 e. The van der Waals surface area contributed by atoms with E-state index in [0.29, 0.717) is 6.04 Å². The third kappa shape index (κ3) is 3.43. The monoisotopic (exact) mass is 232 g/mol. The second-order valence-corrected chi connectivity index (χ2v) is 4.67. The first-order valence-electron chi connectivity index (χ1n) is 5.49. The van der Waals surface area contributed by atoms with Gasteiger partial charge >= 0.3 is 0 Å². The third-order valence-electron chi connectivity index (χ3n) is 2.50. The lowest BCUT2D eigenvalue weighted by Crippen LogP contribution is -2.27. The zero-order valence-electron chi connectivity index (χ0n) is 9.39. The Bertz CT molecular complexity index is 397. The molecule has 16 heavy (non-hydrogen) atoms. The maximum atomic E-state index is 4.25.